The highest BCUT2D eigenvalue weighted by Crippen LogP contribution is 2.33. The third-order valence-electron chi connectivity index (χ3n) is 4.53. The van der Waals surface area contributed by atoms with E-state index < -0.39 is 10.7 Å². The summed E-state index contributed by atoms with van der Waals surface area (Å²) in [6.45, 7) is 2.19. The van der Waals surface area contributed by atoms with Crippen LogP contribution in [0.15, 0.2) is 18.2 Å². The van der Waals surface area contributed by atoms with Crippen molar-refractivity contribution in [1.29, 1.82) is 0 Å². The van der Waals surface area contributed by atoms with Crippen LogP contribution in [0.2, 0.25) is 0 Å². The predicted octanol–water partition coefficient (Wildman–Crippen LogP) is 1.64. The fourth-order valence-corrected chi connectivity index (χ4v) is 3.21. The molecule has 2 fully saturated rings. The summed E-state index contributed by atoms with van der Waals surface area (Å²) in [6, 6.07) is 4.38. The molecule has 0 saturated carbocycles. The fraction of sp³-hybridized carbons (Fsp3) is 0.562. The standard InChI is InChI=1S/C16H21N3O5/c1-17(2)14-4-3-12(19(21)22)11-13(14)15(20)18-7-5-16(6-8-18)23-9-10-24-16/h3-4,11H,5-10H2,1-2H3. The number of likely N-dealkylation sites (tertiary alicyclic amines) is 1. The number of amides is 1. The number of piperidine rings is 1. The number of anilines is 1. The Hall–Kier alpha value is -2.19. The number of carbonyl (C=O) groups is 1. The van der Waals surface area contributed by atoms with Crippen LogP contribution in [0.1, 0.15) is 23.2 Å². The van der Waals surface area contributed by atoms with Gasteiger partial charge >= 0.3 is 0 Å². The first-order valence-corrected chi connectivity index (χ1v) is 7.95. The molecule has 0 bridgehead atoms. The molecule has 0 N–H and O–H groups in total. The van der Waals surface area contributed by atoms with Gasteiger partial charge in [-0.1, -0.05) is 0 Å². The zero-order valence-electron chi connectivity index (χ0n) is 13.9. The summed E-state index contributed by atoms with van der Waals surface area (Å²) in [5.74, 6) is -0.751. The molecule has 1 spiro atoms. The Labute approximate surface area is 140 Å². The number of benzene rings is 1. The van der Waals surface area contributed by atoms with Crippen LogP contribution in [0.3, 0.4) is 0 Å². The highest BCUT2D eigenvalue weighted by atomic mass is 16.7. The Kier molecular flexibility index (Phi) is 4.42. The summed E-state index contributed by atoms with van der Waals surface area (Å²) in [5, 5.41) is 11.0. The molecule has 1 aromatic rings. The minimum Gasteiger partial charge on any atom is -0.377 e. The summed E-state index contributed by atoms with van der Waals surface area (Å²) in [7, 11) is 3.62. The number of nitro benzene ring substituents is 1. The van der Waals surface area contributed by atoms with E-state index in [9.17, 15) is 14.9 Å². The highest BCUT2D eigenvalue weighted by Gasteiger charge is 2.41. The number of hydrogen-bond acceptors (Lipinski definition) is 6. The molecule has 2 heterocycles. The molecule has 2 aliphatic rings. The Morgan fingerprint density at radius 3 is 2.42 bits per heavy atom. The van der Waals surface area contributed by atoms with E-state index in [4.69, 9.17) is 9.47 Å². The van der Waals surface area contributed by atoms with Gasteiger partial charge in [-0.3, -0.25) is 14.9 Å². The van der Waals surface area contributed by atoms with Crippen molar-refractivity contribution in [2.45, 2.75) is 18.6 Å². The largest absolute Gasteiger partial charge is 0.377 e. The molecule has 2 saturated heterocycles. The minimum atomic E-state index is -0.552. The van der Waals surface area contributed by atoms with Gasteiger partial charge in [-0.25, -0.2) is 0 Å². The van der Waals surface area contributed by atoms with Gasteiger partial charge in [-0.15, -0.1) is 0 Å². The minimum absolute atomic E-state index is 0.0834. The van der Waals surface area contributed by atoms with Crippen LogP contribution in [0.5, 0.6) is 0 Å². The molecule has 0 atom stereocenters. The molecule has 130 valence electrons. The maximum absolute atomic E-state index is 12.9. The van der Waals surface area contributed by atoms with E-state index in [-0.39, 0.29) is 11.6 Å². The van der Waals surface area contributed by atoms with Gasteiger partial charge in [-0.05, 0) is 6.07 Å². The third-order valence-corrected chi connectivity index (χ3v) is 4.53. The Morgan fingerprint density at radius 1 is 1.25 bits per heavy atom. The number of rotatable bonds is 3. The van der Waals surface area contributed by atoms with Crippen LogP contribution in [0, 0.1) is 10.1 Å². The van der Waals surface area contributed by atoms with E-state index in [0.29, 0.717) is 50.4 Å². The van der Waals surface area contributed by atoms with Crippen LogP contribution in [-0.2, 0) is 9.47 Å². The number of ether oxygens (including phenoxy) is 2. The maximum Gasteiger partial charge on any atom is 0.270 e. The molecule has 0 unspecified atom stereocenters. The van der Waals surface area contributed by atoms with Gasteiger partial charge < -0.3 is 19.3 Å². The van der Waals surface area contributed by atoms with E-state index in [0.717, 1.165) is 0 Å². The maximum atomic E-state index is 12.9. The molecule has 8 nitrogen and oxygen atoms in total. The summed E-state index contributed by atoms with van der Waals surface area (Å²) < 4.78 is 11.3. The Balaban J connectivity index is 1.81. The smallest absolute Gasteiger partial charge is 0.270 e. The van der Waals surface area contributed by atoms with Gasteiger partial charge in [-0.2, -0.15) is 0 Å². The molecule has 24 heavy (non-hydrogen) atoms. The van der Waals surface area contributed by atoms with Crippen molar-refractivity contribution in [3.05, 3.63) is 33.9 Å². The monoisotopic (exact) mass is 335 g/mol. The van der Waals surface area contributed by atoms with Crippen LogP contribution < -0.4 is 4.90 Å². The second-order valence-corrected chi connectivity index (χ2v) is 6.25. The summed E-state index contributed by atoms with van der Waals surface area (Å²) >= 11 is 0. The molecule has 1 amide bonds. The van der Waals surface area contributed by atoms with Crippen molar-refractivity contribution in [2.75, 3.05) is 45.3 Å². The van der Waals surface area contributed by atoms with Crippen molar-refractivity contribution in [3.8, 4) is 0 Å². The normalized spacial score (nSPS) is 19.5. The van der Waals surface area contributed by atoms with Gasteiger partial charge in [0.15, 0.2) is 5.79 Å². The van der Waals surface area contributed by atoms with Crippen LogP contribution in [0.4, 0.5) is 11.4 Å². The van der Waals surface area contributed by atoms with Crippen LogP contribution in [0.25, 0.3) is 0 Å². The topological polar surface area (TPSA) is 85.2 Å². The lowest BCUT2D eigenvalue weighted by molar-refractivity contribution is -0.384. The molecule has 2 aliphatic heterocycles. The molecular weight excluding hydrogens is 314 g/mol. The van der Waals surface area contributed by atoms with Gasteiger partial charge in [0, 0.05) is 57.8 Å². The average Bonchev–Trinajstić information content (AvgIpc) is 3.02. The van der Waals surface area contributed by atoms with Gasteiger partial charge in [0.1, 0.15) is 0 Å². The number of nitrogens with zero attached hydrogens (tertiary/aromatic N) is 3. The lowest BCUT2D eigenvalue weighted by atomic mass is 10.0. The van der Waals surface area contributed by atoms with E-state index in [2.05, 4.69) is 0 Å². The SMILES string of the molecule is CN(C)c1ccc([N+](=O)[O-])cc1C(=O)N1CCC2(CC1)OCCO2. The number of nitro groups is 1. The molecule has 8 heteroatoms. The van der Waals surface area contributed by atoms with Crippen molar-refractivity contribution < 1.29 is 19.2 Å². The van der Waals surface area contributed by atoms with E-state index in [1.807, 2.05) is 14.1 Å². The first kappa shape index (κ1) is 16.7. The lowest BCUT2D eigenvalue weighted by Gasteiger charge is -2.37. The van der Waals surface area contributed by atoms with Gasteiger partial charge in [0.2, 0.25) is 0 Å². The van der Waals surface area contributed by atoms with Crippen LogP contribution >= 0.6 is 0 Å². The number of hydrogen-bond donors (Lipinski definition) is 0. The van der Waals surface area contributed by atoms with Crippen LogP contribution in [-0.4, -0.2) is 61.9 Å². The summed E-state index contributed by atoms with van der Waals surface area (Å²) in [4.78, 5) is 26.9. The van der Waals surface area contributed by atoms with E-state index >= 15 is 0 Å². The van der Waals surface area contributed by atoms with Crippen molar-refractivity contribution in [2.24, 2.45) is 0 Å². The molecule has 1 aromatic carbocycles. The van der Waals surface area contributed by atoms with E-state index in [1.165, 1.54) is 12.1 Å². The molecule has 0 aromatic heterocycles. The number of carbonyl (C=O) groups excluding carboxylic acids is 1. The first-order valence-electron chi connectivity index (χ1n) is 7.95. The fourth-order valence-electron chi connectivity index (χ4n) is 3.21. The predicted molar refractivity (Wildman–Crippen MR) is 87.2 cm³/mol. The second-order valence-electron chi connectivity index (χ2n) is 6.25. The third kappa shape index (κ3) is 3.07. The van der Waals surface area contributed by atoms with Crippen molar-refractivity contribution in [1.82, 2.24) is 4.90 Å². The molecule has 0 aliphatic carbocycles. The zero-order valence-corrected chi connectivity index (χ0v) is 13.9. The molecular formula is C16H21N3O5. The quantitative estimate of drug-likeness (QED) is 0.617. The second kappa shape index (κ2) is 6.37. The van der Waals surface area contributed by atoms with Crippen molar-refractivity contribution >= 4 is 17.3 Å². The summed E-state index contributed by atoms with van der Waals surface area (Å²) in [5.41, 5.74) is 0.928. The molecule has 3 rings (SSSR count). The lowest BCUT2D eigenvalue weighted by Crippen LogP contribution is -2.47. The van der Waals surface area contributed by atoms with Crippen molar-refractivity contribution in [3.63, 3.8) is 0 Å². The first-order chi connectivity index (χ1) is 11.4. The highest BCUT2D eigenvalue weighted by molar-refractivity contribution is 6.00. The zero-order chi connectivity index (χ0) is 17.3. The van der Waals surface area contributed by atoms with E-state index in [1.54, 1.807) is 15.9 Å². The summed E-state index contributed by atoms with van der Waals surface area (Å²) in [6.07, 6.45) is 1.23. The average molecular weight is 335 g/mol. The Morgan fingerprint density at radius 2 is 1.88 bits per heavy atom. The number of non-ortho nitro benzene ring substituents is 1. The van der Waals surface area contributed by atoms with Gasteiger partial charge in [0.05, 0.1) is 23.7 Å². The van der Waals surface area contributed by atoms with Gasteiger partial charge in [0.25, 0.3) is 11.6 Å². The molecule has 0 radical (unpaired) electrons. The Bertz CT molecular complexity index is 645.